The zero-order valence-electron chi connectivity index (χ0n) is 11.0. The number of aromatic nitrogens is 3. The number of hydrogen-bond donors (Lipinski definition) is 0. The van der Waals surface area contributed by atoms with Crippen molar-refractivity contribution in [3.63, 3.8) is 0 Å². The fourth-order valence-electron chi connectivity index (χ4n) is 2.06. The van der Waals surface area contributed by atoms with Crippen molar-refractivity contribution in [2.45, 2.75) is 6.18 Å². The van der Waals surface area contributed by atoms with Crippen LogP contribution in [0.2, 0.25) is 0 Å². The second kappa shape index (κ2) is 5.18. The highest BCUT2D eigenvalue weighted by Gasteiger charge is 2.30. The van der Waals surface area contributed by atoms with Gasteiger partial charge in [0.2, 0.25) is 0 Å². The van der Waals surface area contributed by atoms with E-state index in [0.29, 0.717) is 28.4 Å². The van der Waals surface area contributed by atoms with Gasteiger partial charge < -0.3 is 0 Å². The van der Waals surface area contributed by atoms with Gasteiger partial charge in [-0.15, -0.1) is 0 Å². The van der Waals surface area contributed by atoms with E-state index in [4.69, 9.17) is 0 Å². The second-order valence-corrected chi connectivity index (χ2v) is 4.54. The quantitative estimate of drug-likeness (QED) is 0.680. The number of benzene rings is 1. The Bertz CT molecular complexity index is 845. The van der Waals surface area contributed by atoms with Crippen molar-refractivity contribution < 1.29 is 18.0 Å². The molecule has 0 spiro atoms. The first-order valence-corrected chi connectivity index (χ1v) is 6.22. The van der Waals surface area contributed by atoms with Crippen LogP contribution in [0.1, 0.15) is 16.1 Å². The van der Waals surface area contributed by atoms with E-state index in [1.54, 1.807) is 0 Å². The van der Waals surface area contributed by atoms with E-state index < -0.39 is 11.7 Å². The van der Waals surface area contributed by atoms with Crippen molar-refractivity contribution in [2.75, 3.05) is 0 Å². The molecule has 0 aliphatic carbocycles. The average molecular weight is 303 g/mol. The predicted octanol–water partition coefficient (Wildman–Crippen LogP) is 3.52. The summed E-state index contributed by atoms with van der Waals surface area (Å²) in [7, 11) is 0. The fraction of sp³-hybridized carbons (Fsp3) is 0.0667. The molecule has 0 saturated heterocycles. The standard InChI is InChI=1S/C15H8F3N3O/c16-15(17,18)10-3-1-9(2-4-10)12-6-19-7-13-14(12)21-11(8-22)5-20-13/h1-8H. The number of aldehydes is 1. The molecular formula is C15H8F3N3O. The van der Waals surface area contributed by atoms with Gasteiger partial charge in [0.1, 0.15) is 16.7 Å². The number of halogens is 3. The third kappa shape index (κ3) is 2.52. The molecule has 0 atom stereocenters. The summed E-state index contributed by atoms with van der Waals surface area (Å²) in [5, 5.41) is 0. The van der Waals surface area contributed by atoms with E-state index in [1.807, 2.05) is 0 Å². The number of rotatable bonds is 2. The first-order valence-electron chi connectivity index (χ1n) is 6.22. The minimum atomic E-state index is -4.39. The van der Waals surface area contributed by atoms with Gasteiger partial charge in [-0.3, -0.25) is 14.8 Å². The summed E-state index contributed by atoms with van der Waals surface area (Å²) in [6.45, 7) is 0. The summed E-state index contributed by atoms with van der Waals surface area (Å²) in [6.07, 6.45) is 0.440. The van der Waals surface area contributed by atoms with Gasteiger partial charge in [0.25, 0.3) is 0 Å². The highest BCUT2D eigenvalue weighted by atomic mass is 19.4. The van der Waals surface area contributed by atoms with Crippen LogP contribution >= 0.6 is 0 Å². The maximum atomic E-state index is 12.6. The van der Waals surface area contributed by atoms with Crippen LogP contribution in [-0.2, 0) is 6.18 Å². The van der Waals surface area contributed by atoms with Gasteiger partial charge in [-0.1, -0.05) is 12.1 Å². The van der Waals surface area contributed by atoms with Crippen LogP contribution in [0.25, 0.3) is 22.2 Å². The molecule has 3 rings (SSSR count). The molecule has 2 aromatic heterocycles. The molecular weight excluding hydrogens is 295 g/mol. The van der Waals surface area contributed by atoms with Gasteiger partial charge in [-0.25, -0.2) is 4.98 Å². The molecule has 0 aliphatic heterocycles. The zero-order valence-corrected chi connectivity index (χ0v) is 11.0. The normalized spacial score (nSPS) is 11.6. The summed E-state index contributed by atoms with van der Waals surface area (Å²) >= 11 is 0. The Balaban J connectivity index is 2.15. The lowest BCUT2D eigenvalue weighted by Gasteiger charge is -2.09. The highest BCUT2D eigenvalue weighted by molar-refractivity contribution is 5.91. The van der Waals surface area contributed by atoms with Gasteiger partial charge in [-0.05, 0) is 17.7 Å². The van der Waals surface area contributed by atoms with Crippen molar-refractivity contribution >= 4 is 17.3 Å². The van der Waals surface area contributed by atoms with Crippen molar-refractivity contribution in [2.24, 2.45) is 0 Å². The van der Waals surface area contributed by atoms with E-state index in [9.17, 15) is 18.0 Å². The molecule has 0 radical (unpaired) electrons. The van der Waals surface area contributed by atoms with Crippen LogP contribution < -0.4 is 0 Å². The van der Waals surface area contributed by atoms with Gasteiger partial charge >= 0.3 is 6.18 Å². The molecule has 3 aromatic rings. The largest absolute Gasteiger partial charge is 0.416 e. The van der Waals surface area contributed by atoms with Gasteiger partial charge in [0.05, 0.1) is 18.0 Å². The molecule has 4 nitrogen and oxygen atoms in total. The van der Waals surface area contributed by atoms with Crippen LogP contribution in [0.5, 0.6) is 0 Å². The summed E-state index contributed by atoms with van der Waals surface area (Å²) in [5.74, 6) is 0. The molecule has 0 bridgehead atoms. The highest BCUT2D eigenvalue weighted by Crippen LogP contribution is 2.32. The number of hydrogen-bond acceptors (Lipinski definition) is 4. The second-order valence-electron chi connectivity index (χ2n) is 4.54. The summed E-state index contributed by atoms with van der Waals surface area (Å²) in [4.78, 5) is 23.0. The third-order valence-electron chi connectivity index (χ3n) is 3.12. The maximum Gasteiger partial charge on any atom is 0.416 e. The Kier molecular flexibility index (Phi) is 3.32. The molecule has 0 saturated carbocycles. The minimum absolute atomic E-state index is 0.145. The average Bonchev–Trinajstić information content (AvgIpc) is 2.53. The van der Waals surface area contributed by atoms with Crippen molar-refractivity contribution in [3.05, 3.63) is 54.1 Å². The Morgan fingerprint density at radius 1 is 1.00 bits per heavy atom. The first kappa shape index (κ1) is 14.1. The molecule has 7 heteroatoms. The van der Waals surface area contributed by atoms with E-state index in [1.165, 1.54) is 30.7 Å². The van der Waals surface area contributed by atoms with Crippen molar-refractivity contribution in [1.29, 1.82) is 0 Å². The molecule has 110 valence electrons. The van der Waals surface area contributed by atoms with E-state index in [0.717, 1.165) is 12.1 Å². The van der Waals surface area contributed by atoms with Gasteiger partial charge in [0, 0.05) is 11.8 Å². The van der Waals surface area contributed by atoms with Crippen molar-refractivity contribution in [3.8, 4) is 11.1 Å². The number of carbonyl (C=O) groups is 1. The molecule has 0 N–H and O–H groups in total. The monoisotopic (exact) mass is 303 g/mol. The van der Waals surface area contributed by atoms with Crippen LogP contribution in [0.3, 0.4) is 0 Å². The maximum absolute atomic E-state index is 12.6. The SMILES string of the molecule is O=Cc1cnc2cncc(-c3ccc(C(F)(F)F)cc3)c2n1. The summed E-state index contributed by atoms with van der Waals surface area (Å²) < 4.78 is 37.8. The van der Waals surface area contributed by atoms with E-state index in [-0.39, 0.29) is 5.69 Å². The number of pyridine rings is 1. The van der Waals surface area contributed by atoms with E-state index in [2.05, 4.69) is 15.0 Å². The molecule has 0 amide bonds. The summed E-state index contributed by atoms with van der Waals surface area (Å²) in [5.41, 5.74) is 1.32. The molecule has 1 aromatic carbocycles. The molecule has 0 unspecified atom stereocenters. The van der Waals surface area contributed by atoms with Gasteiger partial charge in [-0.2, -0.15) is 13.2 Å². The number of fused-ring (bicyclic) bond motifs is 1. The third-order valence-corrected chi connectivity index (χ3v) is 3.12. The number of carbonyl (C=O) groups excluding carboxylic acids is 1. The number of alkyl halides is 3. The van der Waals surface area contributed by atoms with Crippen LogP contribution in [-0.4, -0.2) is 21.2 Å². The Morgan fingerprint density at radius 3 is 2.36 bits per heavy atom. The zero-order chi connectivity index (χ0) is 15.7. The Labute approximate surface area is 122 Å². The smallest absolute Gasteiger partial charge is 0.296 e. The van der Waals surface area contributed by atoms with Crippen LogP contribution in [0.15, 0.2) is 42.9 Å². The molecule has 22 heavy (non-hydrogen) atoms. The lowest BCUT2D eigenvalue weighted by atomic mass is 10.0. The molecule has 2 heterocycles. The van der Waals surface area contributed by atoms with Gasteiger partial charge in [0.15, 0.2) is 6.29 Å². The molecule has 0 fully saturated rings. The fourth-order valence-corrected chi connectivity index (χ4v) is 2.06. The molecule has 0 aliphatic rings. The summed E-state index contributed by atoms with van der Waals surface area (Å²) in [6, 6.07) is 4.67. The first-order chi connectivity index (χ1) is 10.5. The van der Waals surface area contributed by atoms with Crippen LogP contribution in [0, 0.1) is 0 Å². The lowest BCUT2D eigenvalue weighted by Crippen LogP contribution is -2.04. The number of nitrogens with zero attached hydrogens (tertiary/aromatic N) is 3. The van der Waals surface area contributed by atoms with Crippen molar-refractivity contribution in [1.82, 2.24) is 15.0 Å². The predicted molar refractivity (Wildman–Crippen MR) is 73.2 cm³/mol. The Hall–Kier alpha value is -2.83. The Morgan fingerprint density at radius 2 is 1.73 bits per heavy atom. The minimum Gasteiger partial charge on any atom is -0.296 e. The van der Waals surface area contributed by atoms with E-state index >= 15 is 0 Å². The topological polar surface area (TPSA) is 55.7 Å². The lowest BCUT2D eigenvalue weighted by molar-refractivity contribution is -0.137. The van der Waals surface area contributed by atoms with Crippen LogP contribution in [0.4, 0.5) is 13.2 Å².